The van der Waals surface area contributed by atoms with Crippen LogP contribution < -0.4 is 16.6 Å². The molecule has 2 aromatic heterocycles. The number of aromatic nitrogens is 3. The quantitative estimate of drug-likeness (QED) is 0.494. The smallest absolute Gasteiger partial charge is 0.180 e. The molecule has 6 nitrogen and oxygen atoms in total. The molecule has 0 amide bonds. The number of nitrogens with two attached hydrogens (primary N) is 1. The van der Waals surface area contributed by atoms with Gasteiger partial charge in [-0.1, -0.05) is 12.1 Å². The van der Waals surface area contributed by atoms with Gasteiger partial charge in [-0.3, -0.25) is 0 Å². The van der Waals surface area contributed by atoms with Crippen LogP contribution in [0.5, 0.6) is 0 Å². The Labute approximate surface area is 108 Å². The molecule has 0 fully saturated rings. The van der Waals surface area contributed by atoms with Gasteiger partial charge in [0.1, 0.15) is 5.82 Å². The molecular formula is C12H11FN6. The number of nitrogens with one attached hydrogen (secondary N) is 2. The van der Waals surface area contributed by atoms with Gasteiger partial charge in [0, 0.05) is 12.4 Å². The van der Waals surface area contributed by atoms with Crippen LogP contribution in [0.2, 0.25) is 0 Å². The number of nitrogen functional groups attached to an aromatic ring is 1. The largest absolute Gasteiger partial charge is 0.335 e. The lowest BCUT2D eigenvalue weighted by Crippen LogP contribution is -2.11. The molecule has 2 heterocycles. The number of rotatable bonds is 3. The molecule has 7 heteroatoms. The molecule has 0 atom stereocenters. The number of benzene rings is 1. The van der Waals surface area contributed by atoms with Crippen molar-refractivity contribution in [3.05, 3.63) is 48.7 Å². The van der Waals surface area contributed by atoms with E-state index >= 15 is 0 Å². The number of hydrogen-bond acceptors (Lipinski definition) is 5. The van der Waals surface area contributed by atoms with Crippen LogP contribution in [0.15, 0.2) is 42.9 Å². The first-order valence-electron chi connectivity index (χ1n) is 5.60. The highest BCUT2D eigenvalue weighted by atomic mass is 19.1. The van der Waals surface area contributed by atoms with Gasteiger partial charge in [-0.2, -0.15) is 0 Å². The van der Waals surface area contributed by atoms with E-state index < -0.39 is 0 Å². The highest BCUT2D eigenvalue weighted by molar-refractivity contribution is 5.71. The lowest BCUT2D eigenvalue weighted by Gasteiger charge is -2.09. The third kappa shape index (κ3) is 2.06. The molecular weight excluding hydrogens is 247 g/mol. The second-order valence-corrected chi connectivity index (χ2v) is 3.88. The van der Waals surface area contributed by atoms with Gasteiger partial charge in [-0.25, -0.2) is 20.2 Å². The minimum Gasteiger partial charge on any atom is -0.335 e. The molecule has 0 spiro atoms. The van der Waals surface area contributed by atoms with Crippen molar-refractivity contribution in [3.63, 3.8) is 0 Å². The molecule has 0 aliphatic heterocycles. The minimum atomic E-state index is -0.361. The average Bonchev–Trinajstić information content (AvgIpc) is 2.89. The average molecular weight is 258 g/mol. The minimum absolute atomic E-state index is 0.328. The van der Waals surface area contributed by atoms with Crippen molar-refractivity contribution in [1.29, 1.82) is 0 Å². The van der Waals surface area contributed by atoms with Crippen LogP contribution in [-0.4, -0.2) is 14.4 Å². The zero-order chi connectivity index (χ0) is 13.2. The van der Waals surface area contributed by atoms with E-state index in [1.165, 1.54) is 6.07 Å². The highest BCUT2D eigenvalue weighted by Crippen LogP contribution is 2.22. The zero-order valence-electron chi connectivity index (χ0n) is 9.84. The number of para-hydroxylation sites is 1. The summed E-state index contributed by atoms with van der Waals surface area (Å²) in [4.78, 5) is 8.40. The normalized spacial score (nSPS) is 10.6. The van der Waals surface area contributed by atoms with Crippen LogP contribution in [0.3, 0.4) is 0 Å². The number of hydrogen-bond donors (Lipinski definition) is 3. The van der Waals surface area contributed by atoms with Crippen LogP contribution in [-0.2, 0) is 0 Å². The summed E-state index contributed by atoms with van der Waals surface area (Å²) in [6.45, 7) is 0. The van der Waals surface area contributed by atoms with Gasteiger partial charge in [0.2, 0.25) is 0 Å². The lowest BCUT2D eigenvalue weighted by atomic mass is 10.3. The van der Waals surface area contributed by atoms with Crippen molar-refractivity contribution in [2.24, 2.45) is 5.84 Å². The van der Waals surface area contributed by atoms with Crippen LogP contribution in [0.4, 0.5) is 21.7 Å². The van der Waals surface area contributed by atoms with E-state index in [9.17, 15) is 4.39 Å². The Kier molecular flexibility index (Phi) is 2.73. The number of anilines is 3. The van der Waals surface area contributed by atoms with Gasteiger partial charge in [-0.05, 0) is 12.1 Å². The highest BCUT2D eigenvalue weighted by Gasteiger charge is 2.09. The summed E-state index contributed by atoms with van der Waals surface area (Å²) in [5, 5.41) is 2.91. The van der Waals surface area contributed by atoms with Gasteiger partial charge in [0.05, 0.1) is 11.9 Å². The number of nitrogens with zero attached hydrogens (tertiary/aromatic N) is 3. The molecule has 0 aliphatic carbocycles. The molecule has 96 valence electrons. The van der Waals surface area contributed by atoms with Crippen LogP contribution in [0.25, 0.3) is 5.65 Å². The van der Waals surface area contributed by atoms with Gasteiger partial charge in [0.15, 0.2) is 17.3 Å². The Morgan fingerprint density at radius 2 is 2.11 bits per heavy atom. The van der Waals surface area contributed by atoms with Crippen LogP contribution in [0, 0.1) is 5.82 Å². The molecule has 0 radical (unpaired) electrons. The maximum absolute atomic E-state index is 13.6. The second-order valence-electron chi connectivity index (χ2n) is 3.88. The molecule has 1 aromatic carbocycles. The maximum Gasteiger partial charge on any atom is 0.180 e. The number of halogens is 1. The SMILES string of the molecule is NNc1cn2ccnc2c(Nc2ccccc2F)n1. The Balaban J connectivity index is 2.09. The standard InChI is InChI=1S/C12H11FN6/c13-8-3-1-2-4-9(8)16-11-12-15-5-6-19(12)7-10(17-11)18-14/h1-7,18H,14H2,(H,16,17). The fourth-order valence-corrected chi connectivity index (χ4v) is 1.78. The molecule has 0 saturated heterocycles. The van der Waals surface area contributed by atoms with Crippen molar-refractivity contribution in [2.45, 2.75) is 0 Å². The van der Waals surface area contributed by atoms with Crippen LogP contribution in [0.1, 0.15) is 0 Å². The number of hydrazine groups is 1. The maximum atomic E-state index is 13.6. The van der Waals surface area contributed by atoms with Crippen molar-refractivity contribution in [2.75, 3.05) is 10.7 Å². The monoisotopic (exact) mass is 258 g/mol. The summed E-state index contributed by atoms with van der Waals surface area (Å²) in [5.41, 5.74) is 3.37. The fourth-order valence-electron chi connectivity index (χ4n) is 1.78. The van der Waals surface area contributed by atoms with E-state index in [4.69, 9.17) is 5.84 Å². The fraction of sp³-hybridized carbons (Fsp3) is 0. The predicted molar refractivity (Wildman–Crippen MR) is 70.5 cm³/mol. The lowest BCUT2D eigenvalue weighted by molar-refractivity contribution is 0.632. The third-order valence-electron chi connectivity index (χ3n) is 2.65. The summed E-state index contributed by atoms with van der Waals surface area (Å²) in [6, 6.07) is 6.35. The molecule has 4 N–H and O–H groups in total. The summed E-state index contributed by atoms with van der Waals surface area (Å²) in [7, 11) is 0. The van der Waals surface area contributed by atoms with E-state index in [-0.39, 0.29) is 5.82 Å². The van der Waals surface area contributed by atoms with Crippen molar-refractivity contribution >= 4 is 23.0 Å². The molecule has 3 rings (SSSR count). The zero-order valence-corrected chi connectivity index (χ0v) is 9.84. The summed E-state index contributed by atoms with van der Waals surface area (Å²) in [5.74, 6) is 5.86. The van der Waals surface area contributed by atoms with Gasteiger partial charge < -0.3 is 15.1 Å². The van der Waals surface area contributed by atoms with E-state index in [0.717, 1.165) is 0 Å². The summed E-state index contributed by atoms with van der Waals surface area (Å²) < 4.78 is 15.4. The Morgan fingerprint density at radius 3 is 2.89 bits per heavy atom. The topological polar surface area (TPSA) is 80.3 Å². The van der Waals surface area contributed by atoms with E-state index in [1.54, 1.807) is 41.2 Å². The summed E-state index contributed by atoms with van der Waals surface area (Å²) >= 11 is 0. The van der Waals surface area contributed by atoms with E-state index in [0.29, 0.717) is 23.0 Å². The Hall–Kier alpha value is -2.67. The van der Waals surface area contributed by atoms with Crippen molar-refractivity contribution in [1.82, 2.24) is 14.4 Å². The second kappa shape index (κ2) is 4.54. The van der Waals surface area contributed by atoms with Crippen molar-refractivity contribution < 1.29 is 4.39 Å². The molecule has 3 aromatic rings. The Bertz CT molecular complexity index is 723. The Morgan fingerprint density at radius 1 is 1.26 bits per heavy atom. The first kappa shape index (κ1) is 11.4. The first-order chi connectivity index (χ1) is 9.28. The van der Waals surface area contributed by atoms with Gasteiger partial charge >= 0.3 is 0 Å². The van der Waals surface area contributed by atoms with Crippen molar-refractivity contribution in [3.8, 4) is 0 Å². The number of fused-ring (bicyclic) bond motifs is 1. The van der Waals surface area contributed by atoms with E-state index in [1.807, 2.05) is 0 Å². The molecule has 0 bridgehead atoms. The predicted octanol–water partition coefficient (Wildman–Crippen LogP) is 1.90. The van der Waals surface area contributed by atoms with Crippen LogP contribution >= 0.6 is 0 Å². The molecule has 0 saturated carbocycles. The van der Waals surface area contributed by atoms with Gasteiger partial charge in [-0.15, -0.1) is 0 Å². The first-order valence-corrected chi connectivity index (χ1v) is 5.60. The van der Waals surface area contributed by atoms with E-state index in [2.05, 4.69) is 20.7 Å². The molecule has 0 aliphatic rings. The molecule has 19 heavy (non-hydrogen) atoms. The van der Waals surface area contributed by atoms with Gasteiger partial charge in [0.25, 0.3) is 0 Å². The molecule has 0 unspecified atom stereocenters. The number of imidazole rings is 1. The third-order valence-corrected chi connectivity index (χ3v) is 2.65. The summed E-state index contributed by atoms with van der Waals surface area (Å²) in [6.07, 6.45) is 5.07.